The lowest BCUT2D eigenvalue weighted by atomic mass is 9.84. The van der Waals surface area contributed by atoms with E-state index in [-0.39, 0.29) is 11.9 Å². The number of nitrogens with one attached hydrogen (secondary N) is 1. The Bertz CT molecular complexity index is 707. The van der Waals surface area contributed by atoms with Crippen LogP contribution in [0, 0.1) is 0 Å². The summed E-state index contributed by atoms with van der Waals surface area (Å²) in [7, 11) is 0. The summed E-state index contributed by atoms with van der Waals surface area (Å²) in [5, 5.41) is 6.34. The number of anilines is 2. The zero-order valence-corrected chi connectivity index (χ0v) is 13.4. The zero-order valence-electron chi connectivity index (χ0n) is 12.6. The molecule has 0 saturated heterocycles. The van der Waals surface area contributed by atoms with Crippen molar-refractivity contribution in [2.75, 3.05) is 10.2 Å². The van der Waals surface area contributed by atoms with Gasteiger partial charge >= 0.3 is 0 Å². The fourth-order valence-corrected chi connectivity index (χ4v) is 3.92. The molecule has 0 atom stereocenters. The summed E-state index contributed by atoms with van der Waals surface area (Å²) in [6.07, 6.45) is 5.45. The van der Waals surface area contributed by atoms with Crippen LogP contribution in [0.5, 0.6) is 0 Å². The van der Waals surface area contributed by atoms with Gasteiger partial charge in [-0.25, -0.2) is 9.97 Å². The second-order valence-corrected chi connectivity index (χ2v) is 7.37. The predicted molar refractivity (Wildman–Crippen MR) is 87.3 cm³/mol. The number of nitrogens with zero attached hydrogens (tertiary/aromatic N) is 3. The average molecular weight is 314 g/mol. The monoisotopic (exact) mass is 314 g/mol. The van der Waals surface area contributed by atoms with Crippen molar-refractivity contribution < 1.29 is 4.79 Å². The molecule has 1 amide bonds. The summed E-state index contributed by atoms with van der Waals surface area (Å²) < 4.78 is 0. The van der Waals surface area contributed by atoms with E-state index < -0.39 is 5.41 Å². The van der Waals surface area contributed by atoms with Gasteiger partial charge in [-0.15, -0.1) is 11.3 Å². The van der Waals surface area contributed by atoms with E-state index in [0.717, 1.165) is 29.4 Å². The lowest BCUT2D eigenvalue weighted by molar-refractivity contribution is -0.122. The first-order valence-corrected chi connectivity index (χ1v) is 8.40. The molecule has 2 aromatic heterocycles. The molecular formula is C16H18N4OS. The highest BCUT2D eigenvalue weighted by atomic mass is 32.1. The lowest BCUT2D eigenvalue weighted by Crippen LogP contribution is -2.53. The summed E-state index contributed by atoms with van der Waals surface area (Å²) in [6.45, 7) is 3.97. The molecule has 6 heteroatoms. The summed E-state index contributed by atoms with van der Waals surface area (Å²) in [5.74, 6) is 1.01. The maximum absolute atomic E-state index is 12.8. The number of hydrogen-bond donors (Lipinski definition) is 1. The SMILES string of the molecule is CC1(C)C(=O)N([C@H]2C[C@H](Nc3nccs3)C2)c2ncccc21. The number of pyridine rings is 1. The molecule has 2 aliphatic rings. The Morgan fingerprint density at radius 1 is 1.32 bits per heavy atom. The van der Waals surface area contributed by atoms with Crippen molar-refractivity contribution in [3.05, 3.63) is 35.5 Å². The van der Waals surface area contributed by atoms with Crippen LogP contribution in [0.3, 0.4) is 0 Å². The predicted octanol–water partition coefficient (Wildman–Crippen LogP) is 2.81. The van der Waals surface area contributed by atoms with E-state index in [0.29, 0.717) is 6.04 Å². The molecule has 1 saturated carbocycles. The Morgan fingerprint density at radius 2 is 2.14 bits per heavy atom. The van der Waals surface area contributed by atoms with E-state index in [1.54, 1.807) is 23.7 Å². The van der Waals surface area contributed by atoms with Gasteiger partial charge in [0.25, 0.3) is 0 Å². The molecule has 0 bridgehead atoms. The third kappa shape index (κ3) is 1.94. The molecule has 1 N–H and O–H groups in total. The first-order valence-electron chi connectivity index (χ1n) is 7.52. The number of rotatable bonds is 3. The van der Waals surface area contributed by atoms with E-state index in [1.807, 2.05) is 36.3 Å². The molecule has 2 aromatic rings. The van der Waals surface area contributed by atoms with Crippen LogP contribution in [0.1, 0.15) is 32.3 Å². The third-order valence-corrected chi connectivity index (χ3v) is 5.38. The molecule has 114 valence electrons. The third-order valence-electron chi connectivity index (χ3n) is 4.68. The molecule has 1 aliphatic heterocycles. The molecule has 1 aliphatic carbocycles. The number of hydrogen-bond acceptors (Lipinski definition) is 5. The van der Waals surface area contributed by atoms with Crippen molar-refractivity contribution in [3.63, 3.8) is 0 Å². The normalized spacial score (nSPS) is 25.7. The van der Waals surface area contributed by atoms with Crippen LogP contribution in [0.4, 0.5) is 10.9 Å². The number of carbonyl (C=O) groups excluding carboxylic acids is 1. The van der Waals surface area contributed by atoms with Gasteiger partial charge in [-0.3, -0.25) is 9.69 Å². The van der Waals surface area contributed by atoms with Crippen LogP contribution < -0.4 is 10.2 Å². The Labute approximate surface area is 133 Å². The van der Waals surface area contributed by atoms with Gasteiger partial charge < -0.3 is 5.32 Å². The van der Waals surface area contributed by atoms with Crippen LogP contribution >= 0.6 is 11.3 Å². The second kappa shape index (κ2) is 4.78. The number of carbonyl (C=O) groups is 1. The van der Waals surface area contributed by atoms with Gasteiger partial charge in [0.05, 0.1) is 5.41 Å². The Morgan fingerprint density at radius 3 is 2.86 bits per heavy atom. The summed E-state index contributed by atoms with van der Waals surface area (Å²) in [5.41, 5.74) is 0.563. The van der Waals surface area contributed by atoms with Crippen molar-refractivity contribution >= 4 is 28.2 Å². The molecule has 0 unspecified atom stereocenters. The Hall–Kier alpha value is -1.95. The molecular weight excluding hydrogens is 296 g/mol. The van der Waals surface area contributed by atoms with E-state index in [1.165, 1.54) is 0 Å². The van der Waals surface area contributed by atoms with Crippen molar-refractivity contribution in [3.8, 4) is 0 Å². The van der Waals surface area contributed by atoms with Crippen LogP contribution in [-0.4, -0.2) is 28.0 Å². The van der Waals surface area contributed by atoms with Gasteiger partial charge in [0.2, 0.25) is 5.91 Å². The maximum Gasteiger partial charge on any atom is 0.238 e. The molecule has 0 radical (unpaired) electrons. The number of aromatic nitrogens is 2. The quantitative estimate of drug-likeness (QED) is 0.946. The highest BCUT2D eigenvalue weighted by molar-refractivity contribution is 7.13. The topological polar surface area (TPSA) is 58.1 Å². The molecule has 0 aromatic carbocycles. The molecule has 3 heterocycles. The standard InChI is InChI=1S/C16H18N4OS/c1-16(2)12-4-3-5-17-13(12)20(14(16)21)11-8-10(9-11)19-15-18-6-7-22-15/h3-7,10-11H,8-9H2,1-2H3,(H,18,19)/t10-,11-. The molecule has 22 heavy (non-hydrogen) atoms. The lowest BCUT2D eigenvalue weighted by Gasteiger charge is -2.41. The fourth-order valence-electron chi connectivity index (χ4n) is 3.31. The molecule has 1 fully saturated rings. The Balaban J connectivity index is 1.52. The van der Waals surface area contributed by atoms with Crippen LogP contribution in [-0.2, 0) is 10.2 Å². The molecule has 0 spiro atoms. The van der Waals surface area contributed by atoms with E-state index >= 15 is 0 Å². The largest absolute Gasteiger partial charge is 0.359 e. The molecule has 4 rings (SSSR count). The van der Waals surface area contributed by atoms with E-state index in [4.69, 9.17) is 0 Å². The highest BCUT2D eigenvalue weighted by Gasteiger charge is 2.50. The van der Waals surface area contributed by atoms with Gasteiger partial charge in [0, 0.05) is 35.4 Å². The van der Waals surface area contributed by atoms with E-state index in [9.17, 15) is 4.79 Å². The van der Waals surface area contributed by atoms with Gasteiger partial charge in [-0.1, -0.05) is 6.07 Å². The van der Waals surface area contributed by atoms with Crippen molar-refractivity contribution in [1.29, 1.82) is 0 Å². The van der Waals surface area contributed by atoms with Crippen molar-refractivity contribution in [2.45, 2.75) is 44.2 Å². The summed E-state index contributed by atoms with van der Waals surface area (Å²) in [6, 6.07) is 4.55. The van der Waals surface area contributed by atoms with Crippen LogP contribution in [0.25, 0.3) is 0 Å². The fraction of sp³-hybridized carbons (Fsp3) is 0.438. The van der Waals surface area contributed by atoms with Gasteiger partial charge in [0.1, 0.15) is 5.82 Å². The Kier molecular flexibility index (Phi) is 2.97. The van der Waals surface area contributed by atoms with Crippen LogP contribution in [0.2, 0.25) is 0 Å². The number of amides is 1. The first-order chi connectivity index (χ1) is 10.6. The summed E-state index contributed by atoms with van der Waals surface area (Å²) >= 11 is 1.61. The second-order valence-electron chi connectivity index (χ2n) is 6.48. The minimum Gasteiger partial charge on any atom is -0.359 e. The zero-order chi connectivity index (χ0) is 15.3. The van der Waals surface area contributed by atoms with Crippen LogP contribution in [0.15, 0.2) is 29.9 Å². The summed E-state index contributed by atoms with van der Waals surface area (Å²) in [4.78, 5) is 23.4. The highest BCUT2D eigenvalue weighted by Crippen LogP contribution is 2.44. The van der Waals surface area contributed by atoms with Gasteiger partial charge in [0.15, 0.2) is 5.13 Å². The average Bonchev–Trinajstić information content (AvgIpc) is 3.03. The van der Waals surface area contributed by atoms with Crippen molar-refractivity contribution in [1.82, 2.24) is 9.97 Å². The number of fused-ring (bicyclic) bond motifs is 1. The van der Waals surface area contributed by atoms with E-state index in [2.05, 4.69) is 15.3 Å². The smallest absolute Gasteiger partial charge is 0.238 e. The maximum atomic E-state index is 12.8. The minimum absolute atomic E-state index is 0.166. The van der Waals surface area contributed by atoms with Crippen molar-refractivity contribution in [2.24, 2.45) is 0 Å². The van der Waals surface area contributed by atoms with Gasteiger partial charge in [-0.05, 0) is 32.8 Å². The molecule has 5 nitrogen and oxygen atoms in total. The number of thiazole rings is 1. The first kappa shape index (κ1) is 13.7. The van der Waals surface area contributed by atoms with Gasteiger partial charge in [-0.2, -0.15) is 0 Å². The minimum atomic E-state index is -0.475.